The van der Waals surface area contributed by atoms with Gasteiger partial charge in [-0.15, -0.1) is 0 Å². The summed E-state index contributed by atoms with van der Waals surface area (Å²) in [6, 6.07) is 15.5. The molecule has 0 spiro atoms. The molecular weight excluding hydrogens is 276 g/mol. The molecule has 3 nitrogen and oxygen atoms in total. The zero-order valence-corrected chi connectivity index (χ0v) is 12.9. The zero-order valence-electron chi connectivity index (χ0n) is 12.9. The number of hydrogen-bond acceptors (Lipinski definition) is 3. The van der Waals surface area contributed by atoms with Crippen LogP contribution in [0.4, 0.5) is 0 Å². The molecule has 0 radical (unpaired) electrons. The van der Waals surface area contributed by atoms with E-state index in [1.807, 2.05) is 44.2 Å². The molecule has 0 saturated carbocycles. The molecule has 112 valence electrons. The van der Waals surface area contributed by atoms with Crippen molar-refractivity contribution in [2.75, 3.05) is 7.11 Å². The number of methoxy groups -OCH3 is 1. The number of carbonyl (C=O) groups is 1. The molecule has 0 saturated heterocycles. The van der Waals surface area contributed by atoms with Gasteiger partial charge in [-0.25, -0.2) is 4.79 Å². The van der Waals surface area contributed by atoms with E-state index in [0.717, 1.165) is 22.4 Å². The van der Waals surface area contributed by atoms with Crippen LogP contribution in [0.1, 0.15) is 35.3 Å². The summed E-state index contributed by atoms with van der Waals surface area (Å²) in [4.78, 5) is 11.8. The summed E-state index contributed by atoms with van der Waals surface area (Å²) in [5, 5.41) is 0. The van der Waals surface area contributed by atoms with E-state index in [2.05, 4.69) is 18.2 Å². The van der Waals surface area contributed by atoms with Crippen LogP contribution in [-0.2, 0) is 4.74 Å². The van der Waals surface area contributed by atoms with Crippen molar-refractivity contribution in [3.63, 3.8) is 0 Å². The van der Waals surface area contributed by atoms with Crippen molar-refractivity contribution in [2.45, 2.75) is 19.4 Å². The Kier molecular flexibility index (Phi) is 3.49. The molecule has 3 heteroatoms. The zero-order chi connectivity index (χ0) is 15.7. The molecule has 2 aromatic rings. The molecular formula is C19H18O3. The first-order valence-corrected chi connectivity index (χ1v) is 7.20. The van der Waals surface area contributed by atoms with Crippen molar-refractivity contribution in [3.8, 4) is 5.75 Å². The summed E-state index contributed by atoms with van der Waals surface area (Å²) in [6.07, 6.45) is 2.09. The van der Waals surface area contributed by atoms with Crippen molar-refractivity contribution >= 4 is 11.5 Å². The second-order valence-corrected chi connectivity index (χ2v) is 5.83. The largest absolute Gasteiger partial charge is 0.483 e. The molecule has 2 aromatic carbocycles. The molecule has 0 N–H and O–H groups in total. The second-order valence-electron chi connectivity index (χ2n) is 5.83. The SMILES string of the molecule is COC(=O)c1ccc2c(c1)C(c1ccccc1)=CC(C)(C)O2. The minimum absolute atomic E-state index is 0.347. The number of hydrogen-bond donors (Lipinski definition) is 0. The van der Waals surface area contributed by atoms with Crippen molar-refractivity contribution < 1.29 is 14.3 Å². The minimum Gasteiger partial charge on any atom is -0.483 e. The van der Waals surface area contributed by atoms with E-state index >= 15 is 0 Å². The van der Waals surface area contributed by atoms with Crippen molar-refractivity contribution in [1.29, 1.82) is 0 Å². The van der Waals surface area contributed by atoms with Gasteiger partial charge in [0.25, 0.3) is 0 Å². The van der Waals surface area contributed by atoms with Gasteiger partial charge in [-0.2, -0.15) is 0 Å². The summed E-state index contributed by atoms with van der Waals surface area (Å²) in [7, 11) is 1.38. The van der Waals surface area contributed by atoms with E-state index in [1.54, 1.807) is 6.07 Å². The van der Waals surface area contributed by atoms with Crippen molar-refractivity contribution in [3.05, 3.63) is 71.3 Å². The third kappa shape index (κ3) is 2.62. The molecule has 22 heavy (non-hydrogen) atoms. The first-order chi connectivity index (χ1) is 10.5. The van der Waals surface area contributed by atoms with Crippen LogP contribution in [0, 0.1) is 0 Å². The average Bonchev–Trinajstić information content (AvgIpc) is 2.53. The van der Waals surface area contributed by atoms with E-state index in [1.165, 1.54) is 7.11 Å². The first-order valence-electron chi connectivity index (χ1n) is 7.20. The molecule has 1 aliphatic heterocycles. The van der Waals surface area contributed by atoms with E-state index < -0.39 is 5.60 Å². The van der Waals surface area contributed by atoms with Gasteiger partial charge in [0.1, 0.15) is 11.4 Å². The van der Waals surface area contributed by atoms with Crippen molar-refractivity contribution in [2.24, 2.45) is 0 Å². The third-order valence-electron chi connectivity index (χ3n) is 3.64. The van der Waals surface area contributed by atoms with Crippen molar-refractivity contribution in [1.82, 2.24) is 0 Å². The van der Waals surface area contributed by atoms with Gasteiger partial charge in [0, 0.05) is 5.56 Å². The highest BCUT2D eigenvalue weighted by Crippen LogP contribution is 2.39. The molecule has 0 bridgehead atoms. The molecule has 0 atom stereocenters. The fourth-order valence-corrected chi connectivity index (χ4v) is 2.67. The molecule has 0 aromatic heterocycles. The average molecular weight is 294 g/mol. The number of carbonyl (C=O) groups excluding carboxylic acids is 1. The van der Waals surface area contributed by atoms with Gasteiger partial charge in [-0.3, -0.25) is 0 Å². The number of ether oxygens (including phenoxy) is 2. The molecule has 0 aliphatic carbocycles. The Morgan fingerprint density at radius 1 is 1.09 bits per heavy atom. The fraction of sp³-hybridized carbons (Fsp3) is 0.211. The number of esters is 1. The smallest absolute Gasteiger partial charge is 0.337 e. The van der Waals surface area contributed by atoms with Crippen LogP contribution in [0.5, 0.6) is 5.75 Å². The van der Waals surface area contributed by atoms with Crippen LogP contribution in [0.25, 0.3) is 5.57 Å². The van der Waals surface area contributed by atoms with Gasteiger partial charge in [0.05, 0.1) is 12.7 Å². The third-order valence-corrected chi connectivity index (χ3v) is 3.64. The summed E-state index contributed by atoms with van der Waals surface area (Å²) >= 11 is 0. The predicted octanol–water partition coefficient (Wildman–Crippen LogP) is 4.08. The van der Waals surface area contributed by atoms with Gasteiger partial charge in [-0.05, 0) is 49.3 Å². The highest BCUT2D eigenvalue weighted by Gasteiger charge is 2.27. The Balaban J connectivity index is 2.17. The molecule has 1 heterocycles. The highest BCUT2D eigenvalue weighted by molar-refractivity contribution is 5.93. The second kappa shape index (κ2) is 5.34. The standard InChI is InChI=1S/C19H18O3/c1-19(2)12-16(13-7-5-4-6-8-13)15-11-14(18(20)21-3)9-10-17(15)22-19/h4-12H,1-3H3. The van der Waals surface area contributed by atoms with Gasteiger partial charge < -0.3 is 9.47 Å². The Morgan fingerprint density at radius 2 is 1.82 bits per heavy atom. The maximum absolute atomic E-state index is 11.8. The summed E-state index contributed by atoms with van der Waals surface area (Å²) in [5.41, 5.74) is 3.20. The van der Waals surface area contributed by atoms with Crippen LogP contribution in [0.15, 0.2) is 54.6 Å². The van der Waals surface area contributed by atoms with Crippen LogP contribution in [0.2, 0.25) is 0 Å². The lowest BCUT2D eigenvalue weighted by atomic mass is 9.89. The van der Waals surface area contributed by atoms with Gasteiger partial charge in [0.2, 0.25) is 0 Å². The van der Waals surface area contributed by atoms with Crippen LogP contribution < -0.4 is 4.74 Å². The van der Waals surface area contributed by atoms with E-state index in [-0.39, 0.29) is 5.97 Å². The lowest BCUT2D eigenvalue weighted by molar-refractivity contribution is 0.0600. The number of fused-ring (bicyclic) bond motifs is 1. The molecule has 3 rings (SSSR count). The number of rotatable bonds is 2. The Morgan fingerprint density at radius 3 is 2.50 bits per heavy atom. The monoisotopic (exact) mass is 294 g/mol. The first kappa shape index (κ1) is 14.4. The molecule has 0 fully saturated rings. The summed E-state index contributed by atoms with van der Waals surface area (Å²) in [5.74, 6) is 0.430. The van der Waals surface area contributed by atoms with Crippen LogP contribution in [-0.4, -0.2) is 18.7 Å². The minimum atomic E-state index is -0.398. The Hall–Kier alpha value is -2.55. The summed E-state index contributed by atoms with van der Waals surface area (Å²) in [6.45, 7) is 4.04. The quantitative estimate of drug-likeness (QED) is 0.783. The number of benzene rings is 2. The molecule has 1 aliphatic rings. The van der Waals surface area contributed by atoms with Crippen LogP contribution >= 0.6 is 0 Å². The maximum Gasteiger partial charge on any atom is 0.337 e. The van der Waals surface area contributed by atoms with E-state index in [9.17, 15) is 4.79 Å². The summed E-state index contributed by atoms with van der Waals surface area (Å²) < 4.78 is 10.8. The maximum atomic E-state index is 11.8. The topological polar surface area (TPSA) is 35.5 Å². The van der Waals surface area contributed by atoms with E-state index in [0.29, 0.717) is 5.56 Å². The Bertz CT molecular complexity index is 743. The molecule has 0 amide bonds. The molecule has 0 unspecified atom stereocenters. The van der Waals surface area contributed by atoms with Crippen LogP contribution in [0.3, 0.4) is 0 Å². The Labute approximate surface area is 130 Å². The lowest BCUT2D eigenvalue weighted by Crippen LogP contribution is -2.29. The predicted molar refractivity (Wildman–Crippen MR) is 86.0 cm³/mol. The highest BCUT2D eigenvalue weighted by atomic mass is 16.5. The lowest BCUT2D eigenvalue weighted by Gasteiger charge is -2.31. The van der Waals surface area contributed by atoms with Gasteiger partial charge in [-0.1, -0.05) is 30.3 Å². The fourth-order valence-electron chi connectivity index (χ4n) is 2.67. The van der Waals surface area contributed by atoms with Gasteiger partial charge in [0.15, 0.2) is 0 Å². The normalized spacial score (nSPS) is 15.3. The van der Waals surface area contributed by atoms with E-state index in [4.69, 9.17) is 9.47 Å². The van der Waals surface area contributed by atoms with Gasteiger partial charge >= 0.3 is 5.97 Å².